The Labute approximate surface area is 135 Å². The summed E-state index contributed by atoms with van der Waals surface area (Å²) in [4.78, 5) is 13.9. The van der Waals surface area contributed by atoms with E-state index in [1.165, 1.54) is 12.3 Å². The van der Waals surface area contributed by atoms with Gasteiger partial charge < -0.3 is 9.72 Å². The molecule has 3 rings (SSSR count). The number of hydrogen-bond acceptors (Lipinski definition) is 4. The number of ether oxygens (including phenoxy) is 1. The highest BCUT2D eigenvalue weighted by Gasteiger charge is 2.32. The van der Waals surface area contributed by atoms with Gasteiger partial charge in [0.2, 0.25) is 0 Å². The molecule has 3 aromatic rings. The van der Waals surface area contributed by atoms with Crippen molar-refractivity contribution in [3.05, 3.63) is 36.3 Å². The summed E-state index contributed by atoms with van der Waals surface area (Å²) >= 11 is 0. The highest BCUT2D eigenvalue weighted by atomic mass is 19.4. The number of hydrogen-bond donors (Lipinski definition) is 1. The quantitative estimate of drug-likeness (QED) is 0.716. The third kappa shape index (κ3) is 3.80. The molecular weight excluding hydrogens is 354 g/mol. The van der Waals surface area contributed by atoms with Crippen LogP contribution in [0.15, 0.2) is 30.7 Å². The third-order valence-corrected chi connectivity index (χ3v) is 3.10. The zero-order valence-electron chi connectivity index (χ0n) is 12.1. The van der Waals surface area contributed by atoms with Gasteiger partial charge in [-0.3, -0.25) is 4.98 Å². The lowest BCUT2D eigenvalue weighted by Gasteiger charge is -2.11. The van der Waals surface area contributed by atoms with Crippen molar-refractivity contribution < 1.29 is 31.1 Å². The first-order chi connectivity index (χ1) is 11.6. The number of aromatic amines is 1. The van der Waals surface area contributed by atoms with Crippen molar-refractivity contribution in [3.8, 4) is 17.1 Å². The van der Waals surface area contributed by atoms with Crippen molar-refractivity contribution >= 4 is 11.2 Å². The van der Waals surface area contributed by atoms with E-state index in [-0.39, 0.29) is 28.3 Å². The number of rotatable bonds is 3. The average molecular weight is 362 g/mol. The van der Waals surface area contributed by atoms with Crippen LogP contribution in [0.2, 0.25) is 0 Å². The molecule has 5 nitrogen and oxygen atoms in total. The second-order valence-corrected chi connectivity index (χ2v) is 4.95. The van der Waals surface area contributed by atoms with Gasteiger partial charge in [-0.1, -0.05) is 0 Å². The predicted octanol–water partition coefficient (Wildman–Crippen LogP) is 3.98. The zero-order valence-corrected chi connectivity index (χ0v) is 12.1. The molecule has 0 atom stereocenters. The Bertz CT molecular complexity index is 902. The van der Waals surface area contributed by atoms with E-state index in [4.69, 9.17) is 0 Å². The van der Waals surface area contributed by atoms with E-state index in [1.54, 1.807) is 0 Å². The van der Waals surface area contributed by atoms with Crippen molar-refractivity contribution in [2.75, 3.05) is 6.61 Å². The Morgan fingerprint density at radius 2 is 1.84 bits per heavy atom. The fraction of sp³-hybridized carbons (Fsp3) is 0.214. The van der Waals surface area contributed by atoms with Crippen LogP contribution < -0.4 is 4.74 Å². The van der Waals surface area contributed by atoms with Gasteiger partial charge in [0.15, 0.2) is 12.3 Å². The smallest absolute Gasteiger partial charge is 0.422 e. The molecule has 0 spiro atoms. The summed E-state index contributed by atoms with van der Waals surface area (Å²) < 4.78 is 79.8. The standard InChI is InChI=1S/C14H8F6N4O/c15-13(16,17)6-25-10-5-21-2-1-8(10)11-23-9-3-7(14(18,19)20)4-22-12(9)24-11/h1-5H,6H2,(H,22,23,24). The van der Waals surface area contributed by atoms with Gasteiger partial charge in [0.25, 0.3) is 0 Å². The molecule has 3 aromatic heterocycles. The number of pyridine rings is 2. The maximum absolute atomic E-state index is 12.7. The highest BCUT2D eigenvalue weighted by Crippen LogP contribution is 2.32. The normalized spacial score (nSPS) is 12.6. The van der Waals surface area contributed by atoms with Crippen LogP contribution in [0.25, 0.3) is 22.6 Å². The molecule has 11 heteroatoms. The fourth-order valence-electron chi connectivity index (χ4n) is 2.03. The summed E-state index contributed by atoms with van der Waals surface area (Å²) in [5.74, 6) is -0.198. The van der Waals surface area contributed by atoms with Crippen molar-refractivity contribution in [1.29, 1.82) is 0 Å². The number of alkyl halides is 6. The molecule has 0 aliphatic carbocycles. The van der Waals surface area contributed by atoms with Gasteiger partial charge in [0, 0.05) is 12.4 Å². The number of H-pyrrole nitrogens is 1. The van der Waals surface area contributed by atoms with E-state index in [0.717, 1.165) is 12.3 Å². The Hall–Kier alpha value is -2.85. The summed E-state index contributed by atoms with van der Waals surface area (Å²) in [6.45, 7) is -1.54. The van der Waals surface area contributed by atoms with Crippen LogP contribution in [0.5, 0.6) is 5.75 Å². The Kier molecular flexibility index (Phi) is 4.01. The molecule has 0 aromatic carbocycles. The molecule has 25 heavy (non-hydrogen) atoms. The molecule has 0 saturated carbocycles. The van der Waals surface area contributed by atoms with E-state index in [9.17, 15) is 26.3 Å². The van der Waals surface area contributed by atoms with Crippen molar-refractivity contribution in [1.82, 2.24) is 19.9 Å². The molecule has 0 fully saturated rings. The van der Waals surface area contributed by atoms with E-state index in [2.05, 4.69) is 24.7 Å². The van der Waals surface area contributed by atoms with E-state index in [0.29, 0.717) is 6.20 Å². The molecule has 0 radical (unpaired) electrons. The molecule has 0 saturated heterocycles. The lowest BCUT2D eigenvalue weighted by Crippen LogP contribution is -2.19. The maximum Gasteiger partial charge on any atom is 0.422 e. The van der Waals surface area contributed by atoms with E-state index >= 15 is 0 Å². The first kappa shape index (κ1) is 17.0. The highest BCUT2D eigenvalue weighted by molar-refractivity contribution is 5.78. The van der Waals surface area contributed by atoms with Gasteiger partial charge in [-0.15, -0.1) is 0 Å². The predicted molar refractivity (Wildman–Crippen MR) is 73.7 cm³/mol. The zero-order chi connectivity index (χ0) is 18.2. The molecule has 3 heterocycles. The summed E-state index contributed by atoms with van der Waals surface area (Å²) in [6, 6.07) is 2.14. The lowest BCUT2D eigenvalue weighted by molar-refractivity contribution is -0.153. The lowest BCUT2D eigenvalue weighted by atomic mass is 10.2. The first-order valence-corrected chi connectivity index (χ1v) is 6.70. The molecular formula is C14H8F6N4O. The minimum atomic E-state index is -4.58. The number of aromatic nitrogens is 4. The minimum Gasteiger partial charge on any atom is -0.482 e. The molecule has 1 N–H and O–H groups in total. The SMILES string of the molecule is FC(F)(F)COc1cnccc1-c1nc2ncc(C(F)(F)F)cc2[nH]1. The molecule has 0 unspecified atom stereocenters. The Morgan fingerprint density at radius 1 is 1.08 bits per heavy atom. The second-order valence-electron chi connectivity index (χ2n) is 4.95. The van der Waals surface area contributed by atoms with Gasteiger partial charge in [0.1, 0.15) is 11.6 Å². The Morgan fingerprint density at radius 3 is 2.52 bits per heavy atom. The van der Waals surface area contributed by atoms with Gasteiger partial charge in [0.05, 0.1) is 22.8 Å². The summed E-state index contributed by atoms with van der Waals surface area (Å²) in [7, 11) is 0. The van der Waals surface area contributed by atoms with Crippen LogP contribution in [0.1, 0.15) is 5.56 Å². The van der Waals surface area contributed by atoms with Crippen molar-refractivity contribution in [2.45, 2.75) is 12.4 Å². The number of nitrogens with one attached hydrogen (secondary N) is 1. The fourth-order valence-corrected chi connectivity index (χ4v) is 2.03. The minimum absolute atomic E-state index is 0.0107. The van der Waals surface area contributed by atoms with E-state index in [1.807, 2.05) is 0 Å². The van der Waals surface area contributed by atoms with Crippen molar-refractivity contribution in [3.63, 3.8) is 0 Å². The van der Waals surface area contributed by atoms with E-state index < -0.39 is 24.5 Å². The monoisotopic (exact) mass is 362 g/mol. The van der Waals surface area contributed by atoms with Crippen LogP contribution >= 0.6 is 0 Å². The van der Waals surface area contributed by atoms with Crippen LogP contribution in [0.3, 0.4) is 0 Å². The third-order valence-electron chi connectivity index (χ3n) is 3.10. The molecule has 0 bridgehead atoms. The molecule has 132 valence electrons. The summed E-state index contributed by atoms with van der Waals surface area (Å²) in [5.41, 5.74) is -0.880. The summed E-state index contributed by atoms with van der Waals surface area (Å²) in [5, 5.41) is 0. The van der Waals surface area contributed by atoms with Crippen molar-refractivity contribution in [2.24, 2.45) is 0 Å². The number of imidazole rings is 1. The molecule has 0 aliphatic heterocycles. The van der Waals surface area contributed by atoms with Gasteiger partial charge in [-0.2, -0.15) is 26.3 Å². The first-order valence-electron chi connectivity index (χ1n) is 6.70. The molecule has 0 amide bonds. The molecule has 0 aliphatic rings. The Balaban J connectivity index is 1.99. The average Bonchev–Trinajstić information content (AvgIpc) is 2.94. The number of fused-ring (bicyclic) bond motifs is 1. The topological polar surface area (TPSA) is 63.7 Å². The van der Waals surface area contributed by atoms with Gasteiger partial charge in [-0.05, 0) is 12.1 Å². The van der Waals surface area contributed by atoms with Gasteiger partial charge in [-0.25, -0.2) is 9.97 Å². The number of halogens is 6. The second kappa shape index (κ2) is 5.90. The van der Waals surface area contributed by atoms with Gasteiger partial charge >= 0.3 is 12.4 Å². The largest absolute Gasteiger partial charge is 0.482 e. The summed E-state index contributed by atoms with van der Waals surface area (Å²) in [6.07, 6.45) is -6.16. The van der Waals surface area contributed by atoms with Crippen LogP contribution in [-0.4, -0.2) is 32.7 Å². The van der Waals surface area contributed by atoms with Crippen LogP contribution in [0, 0.1) is 0 Å². The van der Waals surface area contributed by atoms with Crippen LogP contribution in [-0.2, 0) is 6.18 Å². The van der Waals surface area contributed by atoms with Crippen LogP contribution in [0.4, 0.5) is 26.3 Å². The number of nitrogens with zero attached hydrogens (tertiary/aromatic N) is 3. The maximum atomic E-state index is 12.7.